The highest BCUT2D eigenvalue weighted by molar-refractivity contribution is 6.17. The van der Waals surface area contributed by atoms with Crippen molar-refractivity contribution in [3.05, 3.63) is 218 Å². The first kappa shape index (κ1) is 34.5. The maximum atomic E-state index is 7.06. The molecule has 13 aromatic rings. The van der Waals surface area contributed by atoms with Gasteiger partial charge in [-0.3, -0.25) is 0 Å². The van der Waals surface area contributed by atoms with Gasteiger partial charge in [0, 0.05) is 49.0 Å². The van der Waals surface area contributed by atoms with E-state index in [0.29, 0.717) is 0 Å². The summed E-state index contributed by atoms with van der Waals surface area (Å²) < 4.78 is 15.9. The van der Waals surface area contributed by atoms with E-state index in [-0.39, 0.29) is 0 Å². The van der Waals surface area contributed by atoms with E-state index in [1.165, 1.54) is 10.8 Å². The van der Waals surface area contributed by atoms with Crippen LogP contribution in [-0.2, 0) is 0 Å². The minimum absolute atomic E-state index is 0.841. The van der Waals surface area contributed by atoms with E-state index in [2.05, 4.69) is 216 Å². The first-order valence-electron chi connectivity index (χ1n) is 21.1. The van der Waals surface area contributed by atoms with Crippen molar-refractivity contribution in [2.45, 2.75) is 0 Å². The smallest absolute Gasteiger partial charge is 0.145 e. The zero-order chi connectivity index (χ0) is 40.7. The SMILES string of the molecule is c1cc(-c2cccc3oc4ccccc4c23)cc(N(c2ccc3c(oc4ccccc43)c2-c2ccccc2-n2c3ccccc3c3ccccc32)c2cccc3ccccc23)c1. The molecule has 0 atom stereocenters. The van der Waals surface area contributed by atoms with Gasteiger partial charge in [-0.2, -0.15) is 0 Å². The number of aromatic nitrogens is 1. The second-order valence-electron chi connectivity index (χ2n) is 16.0. The minimum Gasteiger partial charge on any atom is -0.456 e. The Morgan fingerprint density at radius 2 is 0.968 bits per heavy atom. The molecule has 3 aromatic heterocycles. The summed E-state index contributed by atoms with van der Waals surface area (Å²) in [5.74, 6) is 0. The zero-order valence-electron chi connectivity index (χ0n) is 33.5. The van der Waals surface area contributed by atoms with Crippen molar-refractivity contribution in [2.75, 3.05) is 4.90 Å². The molecule has 4 heteroatoms. The van der Waals surface area contributed by atoms with Crippen LogP contribution in [0.3, 0.4) is 0 Å². The first-order chi connectivity index (χ1) is 30.8. The highest BCUT2D eigenvalue weighted by Gasteiger charge is 2.27. The molecule has 290 valence electrons. The summed E-state index contributed by atoms with van der Waals surface area (Å²) >= 11 is 0. The van der Waals surface area contributed by atoms with E-state index in [0.717, 1.165) is 111 Å². The number of nitrogens with zero attached hydrogens (tertiary/aromatic N) is 2. The molecule has 0 bridgehead atoms. The molecule has 4 nitrogen and oxygen atoms in total. The van der Waals surface area contributed by atoms with Gasteiger partial charge in [-0.1, -0.05) is 152 Å². The van der Waals surface area contributed by atoms with Crippen LogP contribution >= 0.6 is 0 Å². The largest absolute Gasteiger partial charge is 0.456 e. The number of rotatable bonds is 6. The lowest BCUT2D eigenvalue weighted by atomic mass is 9.95. The molecule has 0 aliphatic carbocycles. The third-order valence-electron chi connectivity index (χ3n) is 12.6. The average Bonchev–Trinajstić information content (AvgIpc) is 4.02. The lowest BCUT2D eigenvalue weighted by Gasteiger charge is -2.30. The van der Waals surface area contributed by atoms with Gasteiger partial charge in [0.25, 0.3) is 0 Å². The van der Waals surface area contributed by atoms with Crippen molar-refractivity contribution in [1.29, 1.82) is 0 Å². The molecule has 0 saturated heterocycles. The van der Waals surface area contributed by atoms with Crippen LogP contribution in [0.5, 0.6) is 0 Å². The average molecular weight is 793 g/mol. The van der Waals surface area contributed by atoms with Crippen molar-refractivity contribution in [3.8, 4) is 27.9 Å². The van der Waals surface area contributed by atoms with Gasteiger partial charge in [0.1, 0.15) is 22.3 Å². The molecule has 0 unspecified atom stereocenters. The molecule has 0 N–H and O–H groups in total. The Morgan fingerprint density at radius 1 is 0.371 bits per heavy atom. The number of hydrogen-bond acceptors (Lipinski definition) is 3. The van der Waals surface area contributed by atoms with Crippen molar-refractivity contribution in [3.63, 3.8) is 0 Å². The van der Waals surface area contributed by atoms with Crippen LogP contribution in [0.25, 0.3) is 104 Å². The maximum Gasteiger partial charge on any atom is 0.145 e. The van der Waals surface area contributed by atoms with Crippen LogP contribution < -0.4 is 4.90 Å². The van der Waals surface area contributed by atoms with Gasteiger partial charge in [-0.25, -0.2) is 0 Å². The normalized spacial score (nSPS) is 11.9. The Balaban J connectivity index is 1.14. The standard InChI is InChI=1S/C58H36N2O2/c1-2-20-40-37(16-1)17-14-30-48(40)59(39-19-13-18-38(36-39)41-26-15-33-55-56(41)47-25-7-12-32-54(47)61-55)52-35-34-45-44-23-6-11-31-53(44)62-58(45)57(52)46-24-5-10-29-51(46)60-49-27-8-3-21-42(49)43-22-4-9-28-50(43)60/h1-36H. The minimum atomic E-state index is 0.841. The predicted octanol–water partition coefficient (Wildman–Crippen LogP) is 16.5. The van der Waals surface area contributed by atoms with Crippen LogP contribution in [0.15, 0.2) is 227 Å². The van der Waals surface area contributed by atoms with Crippen LogP contribution in [-0.4, -0.2) is 4.57 Å². The summed E-state index contributed by atoms with van der Waals surface area (Å²) in [7, 11) is 0. The van der Waals surface area contributed by atoms with Gasteiger partial charge in [-0.15, -0.1) is 0 Å². The Kier molecular flexibility index (Phi) is 7.57. The molecule has 0 fully saturated rings. The summed E-state index contributed by atoms with van der Waals surface area (Å²) in [5, 5.41) is 9.12. The maximum absolute atomic E-state index is 7.06. The Morgan fingerprint density at radius 3 is 1.79 bits per heavy atom. The van der Waals surface area contributed by atoms with Gasteiger partial charge in [0.15, 0.2) is 0 Å². The van der Waals surface area contributed by atoms with Crippen molar-refractivity contribution < 1.29 is 8.83 Å². The third-order valence-corrected chi connectivity index (χ3v) is 12.6. The second-order valence-corrected chi connectivity index (χ2v) is 16.0. The number of para-hydroxylation sites is 5. The monoisotopic (exact) mass is 792 g/mol. The van der Waals surface area contributed by atoms with Gasteiger partial charge in [0.2, 0.25) is 0 Å². The summed E-state index contributed by atoms with van der Waals surface area (Å²) in [5.41, 5.74) is 14.2. The molecule has 13 rings (SSSR count). The molecule has 0 amide bonds. The third kappa shape index (κ3) is 5.14. The summed E-state index contributed by atoms with van der Waals surface area (Å²) in [6.45, 7) is 0. The van der Waals surface area contributed by atoms with Crippen molar-refractivity contribution in [1.82, 2.24) is 4.57 Å². The molecule has 0 radical (unpaired) electrons. The van der Waals surface area contributed by atoms with Gasteiger partial charge < -0.3 is 18.3 Å². The van der Waals surface area contributed by atoms with Gasteiger partial charge in [0.05, 0.1) is 33.7 Å². The van der Waals surface area contributed by atoms with Crippen LogP contribution in [0, 0.1) is 0 Å². The Labute approximate surface area is 356 Å². The first-order valence-corrected chi connectivity index (χ1v) is 21.1. The summed E-state index contributed by atoms with van der Waals surface area (Å²) in [4.78, 5) is 2.43. The molecule has 0 aliphatic heterocycles. The van der Waals surface area contributed by atoms with Gasteiger partial charge in [-0.05, 0) is 83.2 Å². The summed E-state index contributed by atoms with van der Waals surface area (Å²) in [6, 6.07) is 78.0. The zero-order valence-corrected chi connectivity index (χ0v) is 33.5. The number of hydrogen-bond donors (Lipinski definition) is 0. The molecule has 3 heterocycles. The molecule has 0 saturated carbocycles. The van der Waals surface area contributed by atoms with E-state index < -0.39 is 0 Å². The van der Waals surface area contributed by atoms with Crippen LogP contribution in [0.1, 0.15) is 0 Å². The van der Waals surface area contributed by atoms with E-state index in [1.54, 1.807) is 0 Å². The fourth-order valence-corrected chi connectivity index (χ4v) is 9.93. The van der Waals surface area contributed by atoms with Crippen molar-refractivity contribution in [2.24, 2.45) is 0 Å². The Hall–Kier alpha value is -8.34. The fourth-order valence-electron chi connectivity index (χ4n) is 9.93. The van der Waals surface area contributed by atoms with E-state index >= 15 is 0 Å². The number of anilines is 3. The Bertz CT molecular complexity index is 3840. The van der Waals surface area contributed by atoms with Gasteiger partial charge >= 0.3 is 0 Å². The number of furan rings is 2. The lowest BCUT2D eigenvalue weighted by molar-refractivity contribution is 0.669. The van der Waals surface area contributed by atoms with Crippen molar-refractivity contribution >= 4 is 93.5 Å². The van der Waals surface area contributed by atoms with E-state index in [4.69, 9.17) is 8.83 Å². The fraction of sp³-hybridized carbons (Fsp3) is 0. The summed E-state index contributed by atoms with van der Waals surface area (Å²) in [6.07, 6.45) is 0. The van der Waals surface area contributed by atoms with E-state index in [9.17, 15) is 0 Å². The lowest BCUT2D eigenvalue weighted by Crippen LogP contribution is -2.12. The van der Waals surface area contributed by atoms with Crippen LogP contribution in [0.4, 0.5) is 17.1 Å². The molecule has 0 spiro atoms. The quantitative estimate of drug-likeness (QED) is 0.168. The topological polar surface area (TPSA) is 34.5 Å². The predicted molar refractivity (Wildman–Crippen MR) is 258 cm³/mol. The number of fused-ring (bicyclic) bond motifs is 10. The molecule has 10 aromatic carbocycles. The number of benzene rings is 10. The highest BCUT2D eigenvalue weighted by Crippen LogP contribution is 2.50. The highest BCUT2D eigenvalue weighted by atomic mass is 16.3. The molecular formula is C58H36N2O2. The van der Waals surface area contributed by atoms with E-state index in [1.807, 2.05) is 12.1 Å². The second kappa shape index (κ2) is 13.6. The molecule has 0 aliphatic rings. The molecule has 62 heavy (non-hydrogen) atoms. The van der Waals surface area contributed by atoms with Crippen LogP contribution in [0.2, 0.25) is 0 Å². The molecular weight excluding hydrogens is 757 g/mol.